The lowest BCUT2D eigenvalue weighted by molar-refractivity contribution is 0.0778. The molecule has 4 rings (SSSR count). The molecule has 0 unspecified atom stereocenters. The van der Waals surface area contributed by atoms with Crippen LogP contribution in [0.15, 0.2) is 42.5 Å². The van der Waals surface area contributed by atoms with Crippen LogP contribution in [-0.2, 0) is 19.5 Å². The van der Waals surface area contributed by atoms with Crippen LogP contribution < -0.4 is 5.32 Å². The van der Waals surface area contributed by atoms with Gasteiger partial charge < -0.3 is 10.2 Å². The van der Waals surface area contributed by atoms with E-state index in [1.165, 1.54) is 10.8 Å². The van der Waals surface area contributed by atoms with Gasteiger partial charge in [0.15, 0.2) is 5.69 Å². The van der Waals surface area contributed by atoms with Gasteiger partial charge in [0.2, 0.25) is 0 Å². The maximum absolute atomic E-state index is 12.8. The van der Waals surface area contributed by atoms with Crippen LogP contribution in [-0.4, -0.2) is 34.6 Å². The number of carbonyl (C=O) groups excluding carboxylic acids is 1. The fourth-order valence-corrected chi connectivity index (χ4v) is 3.34. The Bertz CT molecular complexity index is 894. The highest BCUT2D eigenvalue weighted by atomic mass is 16.2. The molecular formula is C19H20N4O. The molecule has 0 aliphatic carbocycles. The minimum atomic E-state index is -0.0378. The number of fused-ring (bicyclic) bond motifs is 2. The minimum absolute atomic E-state index is 0.0378. The molecule has 0 fully saturated rings. The quantitative estimate of drug-likeness (QED) is 0.779. The Labute approximate surface area is 140 Å². The minimum Gasteiger partial charge on any atom is -0.336 e. The van der Waals surface area contributed by atoms with Crippen molar-refractivity contribution in [2.24, 2.45) is 0 Å². The van der Waals surface area contributed by atoms with Crippen LogP contribution in [0.3, 0.4) is 0 Å². The summed E-state index contributed by atoms with van der Waals surface area (Å²) in [5.74, 6) is -0.0378. The van der Waals surface area contributed by atoms with Crippen molar-refractivity contribution in [1.29, 1.82) is 0 Å². The van der Waals surface area contributed by atoms with E-state index in [0.717, 1.165) is 29.8 Å². The summed E-state index contributed by atoms with van der Waals surface area (Å²) in [6.45, 7) is 2.19. The third kappa shape index (κ3) is 2.57. The predicted octanol–water partition coefficient (Wildman–Crippen LogP) is 2.48. The average Bonchev–Trinajstić information content (AvgIpc) is 3.05. The van der Waals surface area contributed by atoms with Gasteiger partial charge in [0.1, 0.15) is 0 Å². The molecule has 0 saturated heterocycles. The van der Waals surface area contributed by atoms with Crippen molar-refractivity contribution in [2.45, 2.75) is 19.5 Å². The molecule has 5 nitrogen and oxygen atoms in total. The summed E-state index contributed by atoms with van der Waals surface area (Å²) in [5.41, 5.74) is 3.78. The van der Waals surface area contributed by atoms with Gasteiger partial charge in [-0.3, -0.25) is 9.89 Å². The number of H-pyrrole nitrogens is 1. The van der Waals surface area contributed by atoms with Gasteiger partial charge >= 0.3 is 0 Å². The second-order valence-corrected chi connectivity index (χ2v) is 6.26. The highest BCUT2D eigenvalue weighted by Gasteiger charge is 2.24. The maximum Gasteiger partial charge on any atom is 0.274 e. The molecule has 1 aliphatic rings. The van der Waals surface area contributed by atoms with Crippen LogP contribution in [0, 0.1) is 0 Å². The summed E-state index contributed by atoms with van der Waals surface area (Å²) in [5, 5.41) is 13.0. The SMILES string of the molecule is CN(Cc1cccc2ccccc12)C(=O)c1n[nH]c2c1CNCC2. The second kappa shape index (κ2) is 6.09. The van der Waals surface area contributed by atoms with Gasteiger partial charge in [0.25, 0.3) is 5.91 Å². The van der Waals surface area contributed by atoms with Gasteiger partial charge in [-0.2, -0.15) is 5.10 Å². The summed E-state index contributed by atoms with van der Waals surface area (Å²) in [7, 11) is 1.83. The van der Waals surface area contributed by atoms with Gasteiger partial charge in [-0.1, -0.05) is 42.5 Å². The molecule has 1 aliphatic heterocycles. The van der Waals surface area contributed by atoms with Crippen molar-refractivity contribution < 1.29 is 4.79 Å². The third-order valence-corrected chi connectivity index (χ3v) is 4.64. The van der Waals surface area contributed by atoms with Gasteiger partial charge in [-0.05, 0) is 16.3 Å². The zero-order chi connectivity index (χ0) is 16.5. The fourth-order valence-electron chi connectivity index (χ4n) is 3.34. The number of hydrogen-bond donors (Lipinski definition) is 2. The Hall–Kier alpha value is -2.66. The Morgan fingerprint density at radius 2 is 2.04 bits per heavy atom. The molecule has 5 heteroatoms. The topological polar surface area (TPSA) is 61.0 Å². The van der Waals surface area contributed by atoms with Crippen molar-refractivity contribution in [3.63, 3.8) is 0 Å². The van der Waals surface area contributed by atoms with Gasteiger partial charge in [-0.15, -0.1) is 0 Å². The highest BCUT2D eigenvalue weighted by Crippen LogP contribution is 2.21. The largest absolute Gasteiger partial charge is 0.336 e. The fraction of sp³-hybridized carbons (Fsp3) is 0.263. The Morgan fingerprint density at radius 1 is 1.21 bits per heavy atom. The predicted molar refractivity (Wildman–Crippen MR) is 93.7 cm³/mol. The van der Waals surface area contributed by atoms with Crippen LogP contribution >= 0.6 is 0 Å². The van der Waals surface area contributed by atoms with Crippen molar-refractivity contribution in [1.82, 2.24) is 20.4 Å². The van der Waals surface area contributed by atoms with E-state index in [-0.39, 0.29) is 5.91 Å². The number of aromatic amines is 1. The van der Waals surface area contributed by atoms with E-state index >= 15 is 0 Å². The van der Waals surface area contributed by atoms with E-state index in [9.17, 15) is 4.79 Å². The van der Waals surface area contributed by atoms with E-state index in [0.29, 0.717) is 18.8 Å². The molecule has 2 aromatic carbocycles. The summed E-state index contributed by atoms with van der Waals surface area (Å²) in [6.07, 6.45) is 0.892. The molecule has 2 heterocycles. The molecule has 0 atom stereocenters. The average molecular weight is 320 g/mol. The van der Waals surface area contributed by atoms with E-state index in [1.54, 1.807) is 4.90 Å². The number of rotatable bonds is 3. The Balaban J connectivity index is 1.60. The number of hydrogen-bond acceptors (Lipinski definition) is 3. The molecule has 0 saturated carbocycles. The highest BCUT2D eigenvalue weighted by molar-refractivity contribution is 5.94. The van der Waals surface area contributed by atoms with E-state index < -0.39 is 0 Å². The van der Waals surface area contributed by atoms with Gasteiger partial charge in [0.05, 0.1) is 0 Å². The number of aromatic nitrogens is 2. The Kier molecular flexibility index (Phi) is 3.78. The van der Waals surface area contributed by atoms with E-state index in [1.807, 2.05) is 25.2 Å². The number of nitrogens with one attached hydrogen (secondary N) is 2. The molecule has 2 N–H and O–H groups in total. The standard InChI is InChI=1S/C19H20N4O/c1-23(12-14-7-4-6-13-5-2-3-8-15(13)14)19(24)18-16-11-20-10-9-17(16)21-22-18/h2-8,20H,9-12H2,1H3,(H,21,22). The monoisotopic (exact) mass is 320 g/mol. The number of amides is 1. The first-order valence-electron chi connectivity index (χ1n) is 8.23. The molecule has 0 bridgehead atoms. The first kappa shape index (κ1) is 14.9. The second-order valence-electron chi connectivity index (χ2n) is 6.26. The first-order valence-corrected chi connectivity index (χ1v) is 8.23. The molecule has 0 spiro atoms. The molecular weight excluding hydrogens is 300 g/mol. The molecule has 3 aromatic rings. The van der Waals surface area contributed by atoms with Crippen LogP contribution in [0.1, 0.15) is 27.3 Å². The lowest BCUT2D eigenvalue weighted by Crippen LogP contribution is -2.30. The molecule has 1 amide bonds. The normalized spacial score (nSPS) is 13.7. The molecule has 24 heavy (non-hydrogen) atoms. The van der Waals surface area contributed by atoms with Gasteiger partial charge in [-0.25, -0.2) is 0 Å². The number of nitrogens with zero attached hydrogens (tertiary/aromatic N) is 2. The van der Waals surface area contributed by atoms with E-state index in [2.05, 4.69) is 39.8 Å². The summed E-state index contributed by atoms with van der Waals surface area (Å²) < 4.78 is 0. The molecule has 1 aromatic heterocycles. The van der Waals surface area contributed by atoms with Crippen LogP contribution in [0.25, 0.3) is 10.8 Å². The third-order valence-electron chi connectivity index (χ3n) is 4.64. The smallest absolute Gasteiger partial charge is 0.274 e. The van der Waals surface area contributed by atoms with E-state index in [4.69, 9.17) is 0 Å². The molecule has 0 radical (unpaired) electrons. The molecule has 122 valence electrons. The summed E-state index contributed by atoms with van der Waals surface area (Å²) in [6, 6.07) is 14.5. The lowest BCUT2D eigenvalue weighted by Gasteiger charge is -2.19. The number of carbonyl (C=O) groups is 1. The van der Waals surface area contributed by atoms with Crippen LogP contribution in [0.4, 0.5) is 0 Å². The van der Waals surface area contributed by atoms with Crippen molar-refractivity contribution in [3.05, 3.63) is 65.0 Å². The maximum atomic E-state index is 12.8. The van der Waals surface area contributed by atoms with Crippen molar-refractivity contribution in [3.8, 4) is 0 Å². The van der Waals surface area contributed by atoms with Crippen molar-refractivity contribution >= 4 is 16.7 Å². The summed E-state index contributed by atoms with van der Waals surface area (Å²) in [4.78, 5) is 14.6. The summed E-state index contributed by atoms with van der Waals surface area (Å²) >= 11 is 0. The van der Waals surface area contributed by atoms with Crippen LogP contribution in [0.2, 0.25) is 0 Å². The lowest BCUT2D eigenvalue weighted by atomic mass is 10.0. The zero-order valence-electron chi connectivity index (χ0n) is 13.7. The van der Waals surface area contributed by atoms with Crippen LogP contribution in [0.5, 0.6) is 0 Å². The number of benzene rings is 2. The van der Waals surface area contributed by atoms with Crippen molar-refractivity contribution in [2.75, 3.05) is 13.6 Å². The zero-order valence-corrected chi connectivity index (χ0v) is 13.7. The van der Waals surface area contributed by atoms with Gasteiger partial charge in [0, 0.05) is 44.4 Å². The Morgan fingerprint density at radius 3 is 2.96 bits per heavy atom. The first-order chi connectivity index (χ1) is 11.7.